The fourth-order valence-corrected chi connectivity index (χ4v) is 5.88. The van der Waals surface area contributed by atoms with E-state index in [0.29, 0.717) is 34.0 Å². The molecule has 0 saturated carbocycles. The second kappa shape index (κ2) is 12.4. The van der Waals surface area contributed by atoms with E-state index < -0.39 is 17.8 Å². The maximum Gasteiger partial charge on any atom is 0.343 e. The van der Waals surface area contributed by atoms with Crippen molar-refractivity contribution in [3.8, 4) is 17.6 Å². The van der Waals surface area contributed by atoms with Gasteiger partial charge < -0.3 is 14.8 Å². The lowest BCUT2D eigenvalue weighted by Crippen LogP contribution is -2.32. The van der Waals surface area contributed by atoms with E-state index in [4.69, 9.17) is 9.47 Å². The molecule has 206 valence electrons. The molecule has 0 radical (unpaired) electrons. The predicted octanol–water partition coefficient (Wildman–Crippen LogP) is 5.36. The van der Waals surface area contributed by atoms with Crippen LogP contribution in [0.5, 0.6) is 11.5 Å². The summed E-state index contributed by atoms with van der Waals surface area (Å²) in [5.74, 6) is -1.63. The smallest absolute Gasteiger partial charge is 0.343 e. The first-order chi connectivity index (χ1) is 20.0. The Labute approximate surface area is 240 Å². The summed E-state index contributed by atoms with van der Waals surface area (Å²) in [5, 5.41) is 18.1. The van der Waals surface area contributed by atoms with E-state index in [-0.39, 0.29) is 5.75 Å². The number of hydrogen-bond donors (Lipinski definition) is 2. The number of nitrogens with one attached hydrogen (secondary N) is 2. The third-order valence-electron chi connectivity index (χ3n) is 6.61. The van der Waals surface area contributed by atoms with Gasteiger partial charge in [0.05, 0.1) is 23.9 Å². The van der Waals surface area contributed by atoms with E-state index in [1.807, 2.05) is 37.3 Å². The lowest BCUT2D eigenvalue weighted by molar-refractivity contribution is -0.136. The zero-order valence-corrected chi connectivity index (χ0v) is 23.0. The Morgan fingerprint density at radius 1 is 1.02 bits per heavy atom. The molecule has 0 bridgehead atoms. The van der Waals surface area contributed by atoms with Gasteiger partial charge in [0.1, 0.15) is 22.6 Å². The highest BCUT2D eigenvalue weighted by Crippen LogP contribution is 2.37. The Hall–Kier alpha value is -5.01. The zero-order valence-electron chi connectivity index (χ0n) is 22.2. The molecule has 41 heavy (non-hydrogen) atoms. The highest BCUT2D eigenvalue weighted by Gasteiger charge is 2.24. The van der Waals surface area contributed by atoms with Gasteiger partial charge in [0, 0.05) is 10.4 Å². The standard InChI is InChI=1S/C31H26N4O5S/c1-2-39-21-14-11-20(12-15-21)31(38)40-26-16-13-19-7-3-4-8-22(19)25(26)18-33-35-29(37)28(36)34-30-24(17-32)23-9-5-6-10-27(23)41-30/h3-4,7-8,11-16,18H,2,5-6,9-10H2,1H3,(H,34,36)(H,35,37)/b33-18+. The Balaban J connectivity index is 1.32. The molecule has 0 spiro atoms. The number of nitrogens with zero attached hydrogens (tertiary/aromatic N) is 2. The van der Waals surface area contributed by atoms with Gasteiger partial charge in [0.15, 0.2) is 0 Å². The third kappa shape index (κ3) is 6.10. The number of aryl methyl sites for hydroxylation is 1. The van der Waals surface area contributed by atoms with E-state index in [1.165, 1.54) is 17.6 Å². The number of carbonyl (C=O) groups is 3. The fourth-order valence-electron chi connectivity index (χ4n) is 4.65. The van der Waals surface area contributed by atoms with Crippen molar-refractivity contribution >= 4 is 51.1 Å². The van der Waals surface area contributed by atoms with Crippen molar-refractivity contribution in [1.82, 2.24) is 5.43 Å². The van der Waals surface area contributed by atoms with Crippen molar-refractivity contribution in [3.63, 3.8) is 0 Å². The lowest BCUT2D eigenvalue weighted by Gasteiger charge is -2.11. The quantitative estimate of drug-likeness (QED) is 0.102. The van der Waals surface area contributed by atoms with Gasteiger partial charge >= 0.3 is 17.8 Å². The summed E-state index contributed by atoms with van der Waals surface area (Å²) in [7, 11) is 0. The van der Waals surface area contributed by atoms with E-state index in [2.05, 4.69) is 21.9 Å². The van der Waals surface area contributed by atoms with Crippen LogP contribution in [0.4, 0.5) is 5.00 Å². The van der Waals surface area contributed by atoms with E-state index in [0.717, 1.165) is 46.9 Å². The van der Waals surface area contributed by atoms with Gasteiger partial charge in [-0.15, -0.1) is 11.3 Å². The average Bonchev–Trinajstić information content (AvgIpc) is 3.35. The molecule has 0 saturated heterocycles. The summed E-state index contributed by atoms with van der Waals surface area (Å²) in [6, 6.07) is 19.7. The molecular formula is C31H26N4O5S. The molecule has 10 heteroatoms. The molecule has 4 aromatic rings. The summed E-state index contributed by atoms with van der Waals surface area (Å²) in [4.78, 5) is 39.1. The number of anilines is 1. The Kier molecular flexibility index (Phi) is 8.36. The number of benzene rings is 3. The van der Waals surface area contributed by atoms with E-state index in [1.54, 1.807) is 30.3 Å². The molecule has 1 aromatic heterocycles. The second-order valence-electron chi connectivity index (χ2n) is 9.23. The van der Waals surface area contributed by atoms with Crippen LogP contribution in [-0.4, -0.2) is 30.6 Å². The minimum absolute atomic E-state index is 0.230. The molecule has 0 unspecified atom stereocenters. The van der Waals surface area contributed by atoms with Crippen LogP contribution < -0.4 is 20.2 Å². The summed E-state index contributed by atoms with van der Waals surface area (Å²) in [6.07, 6.45) is 5.01. The molecule has 0 fully saturated rings. The van der Waals surface area contributed by atoms with Crippen LogP contribution in [0, 0.1) is 11.3 Å². The second-order valence-corrected chi connectivity index (χ2v) is 10.3. The highest BCUT2D eigenvalue weighted by molar-refractivity contribution is 7.16. The van der Waals surface area contributed by atoms with E-state index >= 15 is 0 Å². The van der Waals surface area contributed by atoms with Gasteiger partial charge in [-0.25, -0.2) is 10.2 Å². The largest absolute Gasteiger partial charge is 0.494 e. The molecule has 2 amide bonds. The molecule has 1 aliphatic rings. The molecule has 9 nitrogen and oxygen atoms in total. The number of hydrazone groups is 1. The number of rotatable bonds is 7. The fraction of sp³-hybridized carbons (Fsp3) is 0.194. The normalized spacial score (nSPS) is 12.4. The molecule has 5 rings (SSSR count). The van der Waals surface area contributed by atoms with Gasteiger partial charge in [-0.1, -0.05) is 30.3 Å². The first-order valence-corrected chi connectivity index (χ1v) is 14.0. The summed E-state index contributed by atoms with van der Waals surface area (Å²) in [5.41, 5.74) is 4.39. The maximum atomic E-state index is 12.9. The van der Waals surface area contributed by atoms with Crippen molar-refractivity contribution in [3.05, 3.63) is 87.8 Å². The van der Waals surface area contributed by atoms with Crippen LogP contribution in [0.25, 0.3) is 10.8 Å². The third-order valence-corrected chi connectivity index (χ3v) is 7.82. The summed E-state index contributed by atoms with van der Waals surface area (Å²) < 4.78 is 11.1. The molecule has 0 aliphatic heterocycles. The molecule has 1 aliphatic carbocycles. The van der Waals surface area contributed by atoms with Gasteiger partial charge in [-0.05, 0) is 79.3 Å². The number of thiophene rings is 1. The number of carbonyl (C=O) groups excluding carboxylic acids is 3. The Bertz CT molecular complexity index is 1700. The minimum atomic E-state index is -0.996. The minimum Gasteiger partial charge on any atom is -0.494 e. The monoisotopic (exact) mass is 566 g/mol. The van der Waals surface area contributed by atoms with Crippen molar-refractivity contribution in [1.29, 1.82) is 5.26 Å². The first kappa shape index (κ1) is 27.6. The van der Waals surface area contributed by atoms with Crippen molar-refractivity contribution in [2.24, 2.45) is 5.10 Å². The van der Waals surface area contributed by atoms with Gasteiger partial charge in [-0.2, -0.15) is 10.4 Å². The Morgan fingerprint density at radius 3 is 2.59 bits per heavy atom. The SMILES string of the molecule is CCOc1ccc(C(=O)Oc2ccc3ccccc3c2/C=N/NC(=O)C(=O)Nc2sc3c(c2C#N)CCCC3)cc1. The van der Waals surface area contributed by atoms with E-state index in [9.17, 15) is 19.6 Å². The van der Waals surface area contributed by atoms with Crippen LogP contribution in [0.15, 0.2) is 65.8 Å². The van der Waals surface area contributed by atoms with Gasteiger partial charge in [0.2, 0.25) is 0 Å². The number of esters is 1. The van der Waals surface area contributed by atoms with Crippen molar-refractivity contribution in [2.45, 2.75) is 32.6 Å². The van der Waals surface area contributed by atoms with Crippen molar-refractivity contribution in [2.75, 3.05) is 11.9 Å². The van der Waals surface area contributed by atoms with Crippen LogP contribution in [0.1, 0.15) is 51.7 Å². The molecule has 3 aromatic carbocycles. The van der Waals surface area contributed by atoms with Gasteiger partial charge in [-0.3, -0.25) is 9.59 Å². The summed E-state index contributed by atoms with van der Waals surface area (Å²) >= 11 is 1.33. The summed E-state index contributed by atoms with van der Waals surface area (Å²) in [6.45, 7) is 2.39. The average molecular weight is 567 g/mol. The number of fused-ring (bicyclic) bond motifs is 2. The number of amides is 2. The molecule has 0 atom stereocenters. The molecule has 2 N–H and O–H groups in total. The highest BCUT2D eigenvalue weighted by atomic mass is 32.1. The van der Waals surface area contributed by atoms with Crippen LogP contribution >= 0.6 is 11.3 Å². The van der Waals surface area contributed by atoms with Crippen LogP contribution in [0.2, 0.25) is 0 Å². The van der Waals surface area contributed by atoms with Gasteiger partial charge in [0.25, 0.3) is 0 Å². The zero-order chi connectivity index (χ0) is 28.8. The first-order valence-electron chi connectivity index (χ1n) is 13.1. The lowest BCUT2D eigenvalue weighted by atomic mass is 9.96. The predicted molar refractivity (Wildman–Crippen MR) is 157 cm³/mol. The number of nitriles is 1. The van der Waals surface area contributed by atoms with Crippen molar-refractivity contribution < 1.29 is 23.9 Å². The number of hydrogen-bond acceptors (Lipinski definition) is 8. The van der Waals surface area contributed by atoms with Crippen LogP contribution in [0.3, 0.4) is 0 Å². The van der Waals surface area contributed by atoms with Crippen LogP contribution in [-0.2, 0) is 22.4 Å². The topological polar surface area (TPSA) is 130 Å². The Morgan fingerprint density at radius 2 is 1.80 bits per heavy atom. The molecular weight excluding hydrogens is 540 g/mol. The maximum absolute atomic E-state index is 12.9. The molecule has 1 heterocycles. The number of ether oxygens (including phenoxy) is 2.